The van der Waals surface area contributed by atoms with Crippen LogP contribution in [0.4, 0.5) is 0 Å². The summed E-state index contributed by atoms with van der Waals surface area (Å²) < 4.78 is 6.51. The number of phenols is 2. The molecule has 0 fully saturated rings. The van der Waals surface area contributed by atoms with Gasteiger partial charge in [0.2, 0.25) is 5.75 Å². The summed E-state index contributed by atoms with van der Waals surface area (Å²) in [7, 11) is 1.41. The summed E-state index contributed by atoms with van der Waals surface area (Å²) >= 11 is 0. The zero-order valence-corrected chi connectivity index (χ0v) is 12.3. The number of hydrogen-bond acceptors (Lipinski definition) is 6. The summed E-state index contributed by atoms with van der Waals surface area (Å²) in [6, 6.07) is 12.5. The zero-order chi connectivity index (χ0) is 16.2. The third kappa shape index (κ3) is 2.98. The van der Waals surface area contributed by atoms with Crippen molar-refractivity contribution < 1.29 is 14.9 Å². The van der Waals surface area contributed by atoms with E-state index in [2.05, 4.69) is 15.3 Å². The number of hydrogen-bond donors (Lipinski definition) is 2. The lowest BCUT2D eigenvalue weighted by Gasteiger charge is -2.06. The molecule has 2 N–H and O–H groups in total. The molecular formula is C16H14N4O3. The molecule has 7 nitrogen and oxygen atoms in total. The van der Waals surface area contributed by atoms with Gasteiger partial charge in [0.05, 0.1) is 13.3 Å². The second-order valence-electron chi connectivity index (χ2n) is 4.70. The van der Waals surface area contributed by atoms with Gasteiger partial charge in [0.15, 0.2) is 17.3 Å². The largest absolute Gasteiger partial charge is 0.504 e. The highest BCUT2D eigenvalue weighted by Crippen LogP contribution is 2.35. The number of aromatic hydroxyl groups is 2. The average molecular weight is 310 g/mol. The monoisotopic (exact) mass is 310 g/mol. The Labute approximate surface area is 132 Å². The molecule has 0 aliphatic rings. The van der Waals surface area contributed by atoms with Crippen molar-refractivity contribution in [1.29, 1.82) is 0 Å². The van der Waals surface area contributed by atoms with E-state index in [1.54, 1.807) is 6.07 Å². The molecular weight excluding hydrogens is 296 g/mol. The van der Waals surface area contributed by atoms with Gasteiger partial charge in [-0.15, -0.1) is 10.2 Å². The fourth-order valence-electron chi connectivity index (χ4n) is 2.06. The second-order valence-corrected chi connectivity index (χ2v) is 4.70. The first-order chi connectivity index (χ1) is 11.2. The van der Waals surface area contributed by atoms with Crippen LogP contribution in [0.3, 0.4) is 0 Å². The van der Waals surface area contributed by atoms with Crippen LogP contribution in [-0.2, 0) is 0 Å². The molecule has 116 valence electrons. The van der Waals surface area contributed by atoms with Crippen LogP contribution in [0, 0.1) is 0 Å². The van der Waals surface area contributed by atoms with Gasteiger partial charge in [0.25, 0.3) is 0 Å². The van der Waals surface area contributed by atoms with Crippen molar-refractivity contribution in [3.63, 3.8) is 0 Å². The van der Waals surface area contributed by atoms with Crippen LogP contribution in [-0.4, -0.2) is 38.4 Å². The molecule has 23 heavy (non-hydrogen) atoms. The van der Waals surface area contributed by atoms with E-state index in [9.17, 15) is 10.2 Å². The van der Waals surface area contributed by atoms with Crippen LogP contribution in [0.25, 0.3) is 11.4 Å². The molecule has 1 aromatic heterocycles. The summed E-state index contributed by atoms with van der Waals surface area (Å²) in [6.07, 6.45) is 2.99. The van der Waals surface area contributed by atoms with Crippen LogP contribution in [0.15, 0.2) is 53.9 Å². The predicted molar refractivity (Wildman–Crippen MR) is 84.8 cm³/mol. The molecule has 0 atom stereocenters. The summed E-state index contributed by atoms with van der Waals surface area (Å²) in [4.78, 5) is 0. The quantitative estimate of drug-likeness (QED) is 0.569. The van der Waals surface area contributed by atoms with Gasteiger partial charge in [-0.1, -0.05) is 30.3 Å². The number of aromatic nitrogens is 3. The lowest BCUT2D eigenvalue weighted by Crippen LogP contribution is -1.94. The van der Waals surface area contributed by atoms with Crippen molar-refractivity contribution in [1.82, 2.24) is 14.9 Å². The Morgan fingerprint density at radius 1 is 1.17 bits per heavy atom. The Hall–Kier alpha value is -3.35. The molecule has 1 heterocycles. The third-order valence-electron chi connectivity index (χ3n) is 3.19. The fourth-order valence-corrected chi connectivity index (χ4v) is 2.06. The van der Waals surface area contributed by atoms with Crippen molar-refractivity contribution in [2.24, 2.45) is 5.10 Å². The number of phenolic OH excluding ortho intramolecular Hbond substituents is 2. The van der Waals surface area contributed by atoms with Crippen LogP contribution < -0.4 is 4.74 Å². The molecule has 0 saturated carbocycles. The van der Waals surface area contributed by atoms with Gasteiger partial charge in [0, 0.05) is 11.1 Å². The minimum atomic E-state index is -0.307. The molecule has 0 saturated heterocycles. The van der Waals surface area contributed by atoms with Crippen molar-refractivity contribution in [2.75, 3.05) is 7.11 Å². The first-order valence-corrected chi connectivity index (χ1v) is 6.79. The minimum absolute atomic E-state index is 0.165. The van der Waals surface area contributed by atoms with Gasteiger partial charge in [0.1, 0.15) is 6.33 Å². The third-order valence-corrected chi connectivity index (χ3v) is 3.19. The maximum absolute atomic E-state index is 9.68. The Morgan fingerprint density at radius 2 is 1.96 bits per heavy atom. The van der Waals surface area contributed by atoms with Gasteiger partial charge < -0.3 is 14.9 Å². The SMILES string of the molecule is COc1cc(/C=N/n2cnnc2-c2ccccc2)cc(O)c1O. The lowest BCUT2D eigenvalue weighted by molar-refractivity contribution is 0.351. The normalized spacial score (nSPS) is 11.0. The van der Waals surface area contributed by atoms with Crippen molar-refractivity contribution in [3.8, 4) is 28.6 Å². The molecule has 0 bridgehead atoms. The first kappa shape index (κ1) is 14.6. The average Bonchev–Trinajstić information content (AvgIpc) is 3.05. The second kappa shape index (κ2) is 6.18. The van der Waals surface area contributed by atoms with Crippen LogP contribution in [0.1, 0.15) is 5.56 Å². The molecule has 0 radical (unpaired) electrons. The zero-order valence-electron chi connectivity index (χ0n) is 12.3. The van der Waals surface area contributed by atoms with E-state index in [4.69, 9.17) is 4.74 Å². The summed E-state index contributed by atoms with van der Waals surface area (Å²) in [5.74, 6) is 0.173. The van der Waals surface area contributed by atoms with E-state index in [0.717, 1.165) is 5.56 Å². The van der Waals surface area contributed by atoms with Crippen molar-refractivity contribution in [2.45, 2.75) is 0 Å². The van der Waals surface area contributed by atoms with Crippen LogP contribution in [0.5, 0.6) is 17.2 Å². The molecule has 0 amide bonds. The molecule has 3 aromatic rings. The molecule has 0 spiro atoms. The van der Waals surface area contributed by atoms with Gasteiger partial charge in [-0.25, -0.2) is 0 Å². The number of rotatable bonds is 4. The number of ether oxygens (including phenoxy) is 1. The molecule has 2 aromatic carbocycles. The maximum atomic E-state index is 9.68. The molecule has 3 rings (SSSR count). The number of benzene rings is 2. The van der Waals surface area contributed by atoms with E-state index in [1.165, 1.54) is 30.4 Å². The smallest absolute Gasteiger partial charge is 0.200 e. The number of methoxy groups -OCH3 is 1. The molecule has 0 unspecified atom stereocenters. The van der Waals surface area contributed by atoms with E-state index >= 15 is 0 Å². The van der Waals surface area contributed by atoms with E-state index in [0.29, 0.717) is 11.4 Å². The maximum Gasteiger partial charge on any atom is 0.200 e. The highest BCUT2D eigenvalue weighted by molar-refractivity contribution is 5.82. The molecule has 0 aliphatic carbocycles. The first-order valence-electron chi connectivity index (χ1n) is 6.79. The Bertz CT molecular complexity index is 844. The summed E-state index contributed by atoms with van der Waals surface area (Å²) in [6.45, 7) is 0. The van der Waals surface area contributed by atoms with E-state index in [1.807, 2.05) is 30.3 Å². The Kier molecular flexibility index (Phi) is 3.92. The fraction of sp³-hybridized carbons (Fsp3) is 0.0625. The molecule has 0 aliphatic heterocycles. The highest BCUT2D eigenvalue weighted by atomic mass is 16.5. The Balaban J connectivity index is 1.93. The van der Waals surface area contributed by atoms with Crippen molar-refractivity contribution >= 4 is 6.21 Å². The van der Waals surface area contributed by atoms with E-state index in [-0.39, 0.29) is 17.2 Å². The lowest BCUT2D eigenvalue weighted by atomic mass is 10.2. The highest BCUT2D eigenvalue weighted by Gasteiger charge is 2.09. The predicted octanol–water partition coefficient (Wildman–Crippen LogP) is 2.25. The van der Waals surface area contributed by atoms with E-state index < -0.39 is 0 Å². The summed E-state index contributed by atoms with van der Waals surface area (Å²) in [5.41, 5.74) is 1.44. The van der Waals surface area contributed by atoms with Crippen molar-refractivity contribution in [3.05, 3.63) is 54.4 Å². The van der Waals surface area contributed by atoms with Crippen LogP contribution >= 0.6 is 0 Å². The van der Waals surface area contributed by atoms with Gasteiger partial charge in [-0.3, -0.25) is 0 Å². The summed E-state index contributed by atoms with van der Waals surface area (Å²) in [5, 5.41) is 31.5. The molecule has 7 heteroatoms. The van der Waals surface area contributed by atoms with Gasteiger partial charge >= 0.3 is 0 Å². The standard InChI is InChI=1S/C16H14N4O3/c1-23-14-8-11(7-13(21)15(14)22)9-18-20-10-17-19-16(20)12-5-3-2-4-6-12/h2-10,21-22H,1H3/b18-9+. The van der Waals surface area contributed by atoms with Crippen LogP contribution in [0.2, 0.25) is 0 Å². The minimum Gasteiger partial charge on any atom is -0.504 e. The topological polar surface area (TPSA) is 92.8 Å². The number of nitrogens with zero attached hydrogens (tertiary/aromatic N) is 4. The Morgan fingerprint density at radius 3 is 2.70 bits per heavy atom. The van der Waals surface area contributed by atoms with Gasteiger partial charge in [-0.05, 0) is 12.1 Å². The van der Waals surface area contributed by atoms with Gasteiger partial charge in [-0.2, -0.15) is 9.78 Å².